The topological polar surface area (TPSA) is 121 Å². The largest absolute Gasteiger partial charge is 0.508 e. The van der Waals surface area contributed by atoms with Gasteiger partial charge in [-0.05, 0) is 71.5 Å². The Morgan fingerprint density at radius 2 is 1.78 bits per heavy atom. The standard InChI is InChI=1S/C24H33NO6S/c1-22(2)7-5-8-23(3)17(22)6-9-24(4)18(23)13-32(30,31)16-11-14(26)10-15(20(16)24)21(29)25-12-19(27)28/h10-11,17-18,26H,5-9,12-13H2,1-4H3,(H,25,29)(H,27,28). The first-order valence-corrected chi connectivity index (χ1v) is 13.0. The van der Waals surface area contributed by atoms with Crippen LogP contribution >= 0.6 is 0 Å². The minimum atomic E-state index is -3.74. The normalized spacial score (nSPS) is 34.5. The van der Waals surface area contributed by atoms with Gasteiger partial charge in [0.25, 0.3) is 5.91 Å². The summed E-state index contributed by atoms with van der Waals surface area (Å²) in [5, 5.41) is 21.6. The number of aliphatic carboxylic acids is 1. The van der Waals surface area contributed by atoms with Gasteiger partial charge < -0.3 is 15.5 Å². The van der Waals surface area contributed by atoms with E-state index in [1.165, 1.54) is 12.1 Å². The molecule has 1 heterocycles. The Morgan fingerprint density at radius 3 is 2.44 bits per heavy atom. The van der Waals surface area contributed by atoms with Crippen LogP contribution in [-0.4, -0.2) is 42.8 Å². The first-order chi connectivity index (χ1) is 14.7. The Hall–Kier alpha value is -2.09. The Balaban J connectivity index is 1.92. The van der Waals surface area contributed by atoms with Crippen LogP contribution in [-0.2, 0) is 20.0 Å². The zero-order valence-corrected chi connectivity index (χ0v) is 20.0. The highest BCUT2D eigenvalue weighted by molar-refractivity contribution is 7.91. The molecule has 3 aliphatic rings. The average Bonchev–Trinajstić information content (AvgIpc) is 2.67. The number of hydrogen-bond donors (Lipinski definition) is 3. The van der Waals surface area contributed by atoms with Crippen molar-refractivity contribution in [3.63, 3.8) is 0 Å². The fraction of sp³-hybridized carbons (Fsp3) is 0.667. The molecule has 1 aromatic rings. The molecule has 2 aliphatic carbocycles. The van der Waals surface area contributed by atoms with Gasteiger partial charge in [-0.1, -0.05) is 34.1 Å². The van der Waals surface area contributed by atoms with Crippen LogP contribution in [0, 0.1) is 22.7 Å². The Kier molecular flexibility index (Phi) is 5.20. The molecule has 0 bridgehead atoms. The van der Waals surface area contributed by atoms with Crippen molar-refractivity contribution in [3.8, 4) is 5.75 Å². The van der Waals surface area contributed by atoms with Gasteiger partial charge in [-0.3, -0.25) is 9.59 Å². The first kappa shape index (κ1) is 23.1. The number of phenolic OH excluding ortho intramolecular Hbond substituents is 1. The zero-order valence-electron chi connectivity index (χ0n) is 19.2. The predicted octanol–water partition coefficient (Wildman–Crippen LogP) is 3.49. The summed E-state index contributed by atoms with van der Waals surface area (Å²) in [6, 6.07) is 2.53. The monoisotopic (exact) mass is 463 g/mol. The number of sulfone groups is 1. The van der Waals surface area contributed by atoms with Gasteiger partial charge >= 0.3 is 5.97 Å². The molecule has 8 heteroatoms. The first-order valence-electron chi connectivity index (χ1n) is 11.3. The molecule has 0 spiro atoms. The molecule has 7 nitrogen and oxygen atoms in total. The smallest absolute Gasteiger partial charge is 0.322 e. The fourth-order valence-corrected chi connectivity index (χ4v) is 9.82. The van der Waals surface area contributed by atoms with E-state index >= 15 is 0 Å². The third-order valence-electron chi connectivity index (χ3n) is 8.82. The van der Waals surface area contributed by atoms with Gasteiger partial charge in [-0.15, -0.1) is 0 Å². The summed E-state index contributed by atoms with van der Waals surface area (Å²) in [6.45, 7) is 8.27. The van der Waals surface area contributed by atoms with Crippen LogP contribution in [0.3, 0.4) is 0 Å². The summed E-state index contributed by atoms with van der Waals surface area (Å²) in [4.78, 5) is 24.0. The van der Waals surface area contributed by atoms with Crippen molar-refractivity contribution in [1.29, 1.82) is 0 Å². The summed E-state index contributed by atoms with van der Waals surface area (Å²) in [6.07, 6.45) is 4.80. The van der Waals surface area contributed by atoms with Crippen molar-refractivity contribution in [2.24, 2.45) is 22.7 Å². The van der Waals surface area contributed by atoms with Gasteiger partial charge in [0.15, 0.2) is 9.84 Å². The van der Waals surface area contributed by atoms with Crippen LogP contribution in [0.1, 0.15) is 75.7 Å². The summed E-state index contributed by atoms with van der Waals surface area (Å²) in [5.41, 5.74) is -0.129. The number of amides is 1. The van der Waals surface area contributed by atoms with Crippen molar-refractivity contribution in [1.82, 2.24) is 5.32 Å². The Bertz CT molecular complexity index is 1090. The molecule has 4 atom stereocenters. The van der Waals surface area contributed by atoms with E-state index in [-0.39, 0.29) is 38.7 Å². The quantitative estimate of drug-likeness (QED) is 0.631. The fourth-order valence-electron chi connectivity index (χ4n) is 7.50. The van der Waals surface area contributed by atoms with Crippen molar-refractivity contribution in [2.45, 2.75) is 70.1 Å². The zero-order chi connectivity index (χ0) is 23.7. The lowest BCUT2D eigenvalue weighted by Crippen LogP contribution is -2.60. The van der Waals surface area contributed by atoms with Crippen molar-refractivity contribution in [2.75, 3.05) is 12.3 Å². The molecule has 32 heavy (non-hydrogen) atoms. The van der Waals surface area contributed by atoms with E-state index in [1.807, 2.05) is 0 Å². The minimum Gasteiger partial charge on any atom is -0.508 e. The molecule has 176 valence electrons. The molecule has 3 N–H and O–H groups in total. The molecule has 2 fully saturated rings. The number of benzene rings is 1. The lowest BCUT2D eigenvalue weighted by Gasteiger charge is -2.64. The van der Waals surface area contributed by atoms with E-state index in [9.17, 15) is 23.1 Å². The highest BCUT2D eigenvalue weighted by Gasteiger charge is 2.62. The summed E-state index contributed by atoms with van der Waals surface area (Å²) >= 11 is 0. The summed E-state index contributed by atoms with van der Waals surface area (Å²) in [7, 11) is -3.74. The molecule has 0 radical (unpaired) electrons. The van der Waals surface area contributed by atoms with Crippen LogP contribution in [0.25, 0.3) is 0 Å². The minimum absolute atomic E-state index is 0.000775. The SMILES string of the molecule is CC1(C)CCCC2(C)C1CCC1(C)c3c(C(=O)NCC(=O)O)cc(O)cc3S(=O)(=O)CC12. The van der Waals surface area contributed by atoms with Crippen LogP contribution in [0.5, 0.6) is 5.75 Å². The van der Waals surface area contributed by atoms with E-state index < -0.39 is 33.7 Å². The highest BCUT2D eigenvalue weighted by Crippen LogP contribution is 2.66. The van der Waals surface area contributed by atoms with Gasteiger partial charge in [0.1, 0.15) is 12.3 Å². The Morgan fingerprint density at radius 1 is 1.09 bits per heavy atom. The molecular weight excluding hydrogens is 430 g/mol. The lowest BCUT2D eigenvalue weighted by molar-refractivity contribution is -0.135. The van der Waals surface area contributed by atoms with Gasteiger partial charge in [0.05, 0.1) is 10.6 Å². The molecule has 0 aromatic heterocycles. The maximum atomic E-state index is 13.5. The highest BCUT2D eigenvalue weighted by atomic mass is 32.2. The van der Waals surface area contributed by atoms with Gasteiger partial charge in [0, 0.05) is 5.56 Å². The van der Waals surface area contributed by atoms with E-state index in [2.05, 4.69) is 33.0 Å². The van der Waals surface area contributed by atoms with E-state index in [0.29, 0.717) is 11.5 Å². The molecule has 4 unspecified atom stereocenters. The van der Waals surface area contributed by atoms with E-state index in [4.69, 9.17) is 5.11 Å². The van der Waals surface area contributed by atoms with E-state index in [1.54, 1.807) is 0 Å². The second kappa shape index (κ2) is 7.20. The van der Waals surface area contributed by atoms with Crippen LogP contribution < -0.4 is 5.32 Å². The number of fused-ring (bicyclic) bond motifs is 5. The third-order valence-corrected chi connectivity index (χ3v) is 10.6. The van der Waals surface area contributed by atoms with Gasteiger partial charge in [-0.2, -0.15) is 0 Å². The third kappa shape index (κ3) is 3.33. The summed E-state index contributed by atoms with van der Waals surface area (Å²) < 4.78 is 27.0. The number of carboxylic acids is 1. The predicted molar refractivity (Wildman–Crippen MR) is 119 cm³/mol. The number of rotatable bonds is 3. The number of hydrogen-bond acceptors (Lipinski definition) is 5. The van der Waals surface area contributed by atoms with Crippen LogP contribution in [0.4, 0.5) is 0 Å². The van der Waals surface area contributed by atoms with Crippen LogP contribution in [0.2, 0.25) is 0 Å². The molecule has 1 aliphatic heterocycles. The van der Waals surface area contributed by atoms with E-state index in [0.717, 1.165) is 32.1 Å². The molecule has 1 aromatic carbocycles. The second-order valence-electron chi connectivity index (χ2n) is 11.1. The number of carboxylic acid groups (broad SMARTS) is 1. The molecular formula is C24H33NO6S. The van der Waals surface area contributed by atoms with Crippen molar-refractivity contribution >= 4 is 21.7 Å². The number of carbonyl (C=O) groups is 2. The molecule has 2 saturated carbocycles. The molecule has 4 rings (SSSR count). The van der Waals surface area contributed by atoms with Crippen molar-refractivity contribution in [3.05, 3.63) is 23.3 Å². The van der Waals surface area contributed by atoms with Crippen LogP contribution in [0.15, 0.2) is 17.0 Å². The van der Waals surface area contributed by atoms with Gasteiger partial charge in [-0.25, -0.2) is 8.42 Å². The average molecular weight is 464 g/mol. The molecule has 0 saturated heterocycles. The number of phenols is 1. The van der Waals surface area contributed by atoms with Crippen molar-refractivity contribution < 1.29 is 28.2 Å². The number of aromatic hydroxyl groups is 1. The van der Waals surface area contributed by atoms with Gasteiger partial charge in [0.2, 0.25) is 0 Å². The Labute approximate surface area is 189 Å². The molecule has 1 amide bonds. The summed E-state index contributed by atoms with van der Waals surface area (Å²) in [5.74, 6) is -1.96. The lowest BCUT2D eigenvalue weighted by atomic mass is 9.42. The number of nitrogens with one attached hydrogen (secondary N) is 1. The maximum Gasteiger partial charge on any atom is 0.322 e. The maximum absolute atomic E-state index is 13.5. The number of carbonyl (C=O) groups excluding carboxylic acids is 1. The second-order valence-corrected chi connectivity index (χ2v) is 13.1.